The maximum absolute atomic E-state index is 12.4. The van der Waals surface area contributed by atoms with Gasteiger partial charge in [0.1, 0.15) is 6.61 Å². The first kappa shape index (κ1) is 16.7. The SMILES string of the molecule is CC(O)CCN(C)S(=O)(=O)c1ccccc1C#CCO. The van der Waals surface area contributed by atoms with Crippen molar-refractivity contribution >= 4 is 10.0 Å². The van der Waals surface area contributed by atoms with Gasteiger partial charge in [-0.2, -0.15) is 0 Å². The lowest BCUT2D eigenvalue weighted by molar-refractivity contribution is 0.177. The molecule has 0 amide bonds. The van der Waals surface area contributed by atoms with Crippen molar-refractivity contribution in [2.45, 2.75) is 24.3 Å². The summed E-state index contributed by atoms with van der Waals surface area (Å²) in [6.45, 7) is 1.51. The van der Waals surface area contributed by atoms with Crippen molar-refractivity contribution in [1.29, 1.82) is 0 Å². The highest BCUT2D eigenvalue weighted by atomic mass is 32.2. The van der Waals surface area contributed by atoms with E-state index in [-0.39, 0.29) is 18.0 Å². The zero-order valence-electron chi connectivity index (χ0n) is 11.6. The molecule has 0 bridgehead atoms. The summed E-state index contributed by atoms with van der Waals surface area (Å²) < 4.78 is 26.1. The highest BCUT2D eigenvalue weighted by Gasteiger charge is 2.23. The van der Waals surface area contributed by atoms with Crippen molar-refractivity contribution in [2.24, 2.45) is 0 Å². The highest BCUT2D eigenvalue weighted by molar-refractivity contribution is 7.89. The van der Waals surface area contributed by atoms with E-state index in [1.807, 2.05) is 0 Å². The largest absolute Gasteiger partial charge is 0.393 e. The van der Waals surface area contributed by atoms with Crippen LogP contribution in [0.4, 0.5) is 0 Å². The van der Waals surface area contributed by atoms with Gasteiger partial charge in [0.05, 0.1) is 11.0 Å². The van der Waals surface area contributed by atoms with E-state index in [0.717, 1.165) is 0 Å². The molecule has 0 saturated carbocycles. The molecular weight excluding hydrogens is 278 g/mol. The van der Waals surface area contributed by atoms with Gasteiger partial charge in [-0.1, -0.05) is 24.0 Å². The third kappa shape index (κ3) is 4.32. The molecule has 1 aromatic rings. The molecule has 110 valence electrons. The number of hydrogen-bond donors (Lipinski definition) is 2. The van der Waals surface area contributed by atoms with Gasteiger partial charge in [-0.05, 0) is 25.5 Å². The van der Waals surface area contributed by atoms with Gasteiger partial charge in [0.2, 0.25) is 10.0 Å². The monoisotopic (exact) mass is 297 g/mol. The van der Waals surface area contributed by atoms with Gasteiger partial charge in [0.25, 0.3) is 0 Å². The number of aliphatic hydroxyl groups is 2. The molecular formula is C14H19NO4S. The van der Waals surface area contributed by atoms with Crippen LogP contribution in [0.15, 0.2) is 29.2 Å². The lowest BCUT2D eigenvalue weighted by atomic mass is 10.2. The standard InChI is InChI=1S/C14H19NO4S/c1-12(17)9-10-15(2)20(18,19)14-8-4-3-6-13(14)7-5-11-16/h3-4,6,8,12,16-17H,9-11H2,1-2H3. The molecule has 0 fully saturated rings. The molecule has 0 saturated heterocycles. The summed E-state index contributed by atoms with van der Waals surface area (Å²) in [6.07, 6.45) is -0.197. The van der Waals surface area contributed by atoms with Crippen molar-refractivity contribution in [2.75, 3.05) is 20.2 Å². The van der Waals surface area contributed by atoms with Gasteiger partial charge >= 0.3 is 0 Å². The minimum Gasteiger partial charge on any atom is -0.393 e. The van der Waals surface area contributed by atoms with Crippen LogP contribution in [0.2, 0.25) is 0 Å². The molecule has 6 heteroatoms. The van der Waals surface area contributed by atoms with Crippen LogP contribution in [-0.4, -0.2) is 49.2 Å². The van der Waals surface area contributed by atoms with Crippen LogP contribution < -0.4 is 0 Å². The van der Waals surface area contributed by atoms with E-state index in [1.165, 1.54) is 17.4 Å². The number of rotatable bonds is 5. The minimum atomic E-state index is -3.66. The predicted molar refractivity (Wildman–Crippen MR) is 76.5 cm³/mol. The third-order valence-electron chi connectivity index (χ3n) is 2.74. The molecule has 0 aliphatic carbocycles. The van der Waals surface area contributed by atoms with Crippen molar-refractivity contribution < 1.29 is 18.6 Å². The molecule has 1 rings (SSSR count). The molecule has 0 heterocycles. The van der Waals surface area contributed by atoms with E-state index in [0.29, 0.717) is 12.0 Å². The second-order valence-corrected chi connectivity index (χ2v) is 6.43. The van der Waals surface area contributed by atoms with E-state index >= 15 is 0 Å². The molecule has 20 heavy (non-hydrogen) atoms. The van der Waals surface area contributed by atoms with Crippen LogP contribution in [0.5, 0.6) is 0 Å². The maximum Gasteiger partial charge on any atom is 0.244 e. The Balaban J connectivity index is 3.09. The summed E-state index contributed by atoms with van der Waals surface area (Å²) in [4.78, 5) is 0.106. The summed E-state index contributed by atoms with van der Waals surface area (Å²) in [6, 6.07) is 6.39. The molecule has 0 spiro atoms. The average Bonchev–Trinajstić information content (AvgIpc) is 2.42. The van der Waals surface area contributed by atoms with Crippen LogP contribution in [0, 0.1) is 11.8 Å². The predicted octanol–water partition coefficient (Wildman–Crippen LogP) is 0.422. The Morgan fingerprint density at radius 2 is 2.00 bits per heavy atom. The zero-order chi connectivity index (χ0) is 15.2. The Bertz CT molecular complexity index is 599. The molecule has 5 nitrogen and oxygen atoms in total. The summed E-state index contributed by atoms with van der Waals surface area (Å²) in [5.41, 5.74) is 0.352. The van der Waals surface area contributed by atoms with E-state index in [9.17, 15) is 13.5 Å². The maximum atomic E-state index is 12.4. The fourth-order valence-electron chi connectivity index (χ4n) is 1.59. The van der Waals surface area contributed by atoms with Gasteiger partial charge in [-0.15, -0.1) is 0 Å². The number of nitrogens with zero attached hydrogens (tertiary/aromatic N) is 1. The molecule has 1 unspecified atom stereocenters. The fraction of sp³-hybridized carbons (Fsp3) is 0.429. The third-order valence-corrected chi connectivity index (χ3v) is 4.65. The minimum absolute atomic E-state index is 0.106. The zero-order valence-corrected chi connectivity index (χ0v) is 12.4. The van der Waals surface area contributed by atoms with Crippen molar-refractivity contribution in [3.05, 3.63) is 29.8 Å². The number of sulfonamides is 1. The van der Waals surface area contributed by atoms with Crippen LogP contribution >= 0.6 is 0 Å². The van der Waals surface area contributed by atoms with Crippen LogP contribution in [0.1, 0.15) is 18.9 Å². The summed E-state index contributed by atoms with van der Waals surface area (Å²) >= 11 is 0. The average molecular weight is 297 g/mol. The van der Waals surface area contributed by atoms with Gasteiger partial charge in [0, 0.05) is 19.2 Å². The molecule has 0 aromatic heterocycles. The summed E-state index contributed by atoms with van der Waals surface area (Å²) in [5, 5.41) is 18.0. The van der Waals surface area contributed by atoms with Crippen molar-refractivity contribution in [1.82, 2.24) is 4.31 Å². The van der Waals surface area contributed by atoms with Crippen molar-refractivity contribution in [3.63, 3.8) is 0 Å². The topological polar surface area (TPSA) is 77.8 Å². The Morgan fingerprint density at radius 1 is 1.35 bits per heavy atom. The summed E-state index contributed by atoms with van der Waals surface area (Å²) in [5.74, 6) is 5.08. The van der Waals surface area contributed by atoms with E-state index in [4.69, 9.17) is 5.11 Å². The second kappa shape index (κ2) is 7.41. The fourth-order valence-corrected chi connectivity index (χ4v) is 2.92. The summed E-state index contributed by atoms with van der Waals surface area (Å²) in [7, 11) is -2.19. The van der Waals surface area contributed by atoms with Gasteiger partial charge in [0.15, 0.2) is 0 Å². The number of hydrogen-bond acceptors (Lipinski definition) is 4. The van der Waals surface area contributed by atoms with E-state index in [2.05, 4.69) is 11.8 Å². The van der Waals surface area contributed by atoms with Crippen LogP contribution in [0.25, 0.3) is 0 Å². The van der Waals surface area contributed by atoms with Crippen LogP contribution in [-0.2, 0) is 10.0 Å². The first-order valence-electron chi connectivity index (χ1n) is 6.22. The molecule has 1 aromatic carbocycles. The first-order valence-corrected chi connectivity index (χ1v) is 7.66. The van der Waals surface area contributed by atoms with Crippen molar-refractivity contribution in [3.8, 4) is 11.8 Å². The van der Waals surface area contributed by atoms with Crippen LogP contribution in [0.3, 0.4) is 0 Å². The number of benzene rings is 1. The molecule has 0 aliphatic rings. The van der Waals surface area contributed by atoms with Gasteiger partial charge in [-0.3, -0.25) is 0 Å². The quantitative estimate of drug-likeness (QED) is 0.772. The Labute approximate surface area is 119 Å². The highest BCUT2D eigenvalue weighted by Crippen LogP contribution is 2.18. The smallest absolute Gasteiger partial charge is 0.244 e. The molecule has 0 radical (unpaired) electrons. The Hall–Kier alpha value is -1.39. The lowest BCUT2D eigenvalue weighted by Gasteiger charge is -2.18. The first-order chi connectivity index (χ1) is 9.39. The Morgan fingerprint density at radius 3 is 2.60 bits per heavy atom. The van der Waals surface area contributed by atoms with E-state index in [1.54, 1.807) is 25.1 Å². The molecule has 2 N–H and O–H groups in total. The normalized spacial score (nSPS) is 12.8. The van der Waals surface area contributed by atoms with E-state index < -0.39 is 16.1 Å². The molecule has 0 aliphatic heterocycles. The Kier molecular flexibility index (Phi) is 6.17. The second-order valence-electron chi connectivity index (χ2n) is 4.42. The lowest BCUT2D eigenvalue weighted by Crippen LogP contribution is -2.30. The number of aliphatic hydroxyl groups excluding tert-OH is 2. The van der Waals surface area contributed by atoms with Gasteiger partial charge < -0.3 is 10.2 Å². The van der Waals surface area contributed by atoms with Gasteiger partial charge in [-0.25, -0.2) is 12.7 Å². The molecule has 1 atom stereocenters.